The number of phenolic OH excluding ortho intramolecular Hbond substituents is 1. The Kier molecular flexibility index (Phi) is 6.19. The molecule has 0 bridgehead atoms. The summed E-state index contributed by atoms with van der Waals surface area (Å²) in [6.07, 6.45) is 3.58. The van der Waals surface area contributed by atoms with Crippen molar-refractivity contribution in [2.45, 2.75) is 36.6 Å². The van der Waals surface area contributed by atoms with Gasteiger partial charge in [-0.05, 0) is 43.2 Å². The summed E-state index contributed by atoms with van der Waals surface area (Å²) in [6.45, 7) is 0. The lowest BCUT2D eigenvalue weighted by Crippen LogP contribution is -2.32. The number of carbonyl (C=O) groups is 2. The standard InChI is InChI=1S/C20H22N2O6S/c1-28-20(25)16-10-5-11-17(18(16)23)21-19(24)13-6-4-9-15(12-13)29(26,27)22-14-7-2-3-8-14/h4-6,9-12,14,22-23H,2-3,7-8H2,1H3,(H,21,24). The third-order valence-electron chi connectivity index (χ3n) is 4.77. The molecule has 1 fully saturated rings. The highest BCUT2D eigenvalue weighted by Gasteiger charge is 2.24. The first kappa shape index (κ1) is 20.8. The minimum Gasteiger partial charge on any atom is -0.505 e. The number of nitrogens with one attached hydrogen (secondary N) is 2. The molecule has 29 heavy (non-hydrogen) atoms. The molecule has 1 aliphatic rings. The monoisotopic (exact) mass is 418 g/mol. The zero-order chi connectivity index (χ0) is 21.0. The highest BCUT2D eigenvalue weighted by molar-refractivity contribution is 7.89. The number of ether oxygens (including phenoxy) is 1. The number of methoxy groups -OCH3 is 1. The molecule has 0 radical (unpaired) electrons. The number of esters is 1. The van der Waals surface area contributed by atoms with Crippen LogP contribution < -0.4 is 10.0 Å². The summed E-state index contributed by atoms with van der Waals surface area (Å²) >= 11 is 0. The van der Waals surface area contributed by atoms with E-state index < -0.39 is 27.6 Å². The number of hydrogen-bond acceptors (Lipinski definition) is 6. The van der Waals surface area contributed by atoms with Crippen molar-refractivity contribution in [2.24, 2.45) is 0 Å². The Morgan fingerprint density at radius 3 is 2.48 bits per heavy atom. The van der Waals surface area contributed by atoms with Gasteiger partial charge in [-0.3, -0.25) is 4.79 Å². The van der Waals surface area contributed by atoms with Gasteiger partial charge in [-0.2, -0.15) is 0 Å². The molecule has 8 nitrogen and oxygen atoms in total. The average molecular weight is 418 g/mol. The molecule has 3 rings (SSSR count). The van der Waals surface area contributed by atoms with Gasteiger partial charge in [0, 0.05) is 11.6 Å². The van der Waals surface area contributed by atoms with Crippen molar-refractivity contribution in [3.8, 4) is 5.75 Å². The maximum atomic E-state index is 12.6. The number of carbonyl (C=O) groups excluding carboxylic acids is 2. The molecule has 3 N–H and O–H groups in total. The first-order valence-corrected chi connectivity index (χ1v) is 10.6. The topological polar surface area (TPSA) is 122 Å². The van der Waals surface area contributed by atoms with Crippen LogP contribution in [0.1, 0.15) is 46.4 Å². The van der Waals surface area contributed by atoms with Crippen LogP contribution in [0.2, 0.25) is 0 Å². The van der Waals surface area contributed by atoms with Gasteiger partial charge in [-0.25, -0.2) is 17.9 Å². The zero-order valence-corrected chi connectivity index (χ0v) is 16.7. The van der Waals surface area contributed by atoms with Gasteiger partial charge < -0.3 is 15.2 Å². The number of aromatic hydroxyl groups is 1. The number of phenols is 1. The van der Waals surface area contributed by atoms with Crippen LogP contribution in [0.4, 0.5) is 5.69 Å². The molecule has 1 amide bonds. The van der Waals surface area contributed by atoms with Crippen molar-refractivity contribution in [3.63, 3.8) is 0 Å². The lowest BCUT2D eigenvalue weighted by Gasteiger charge is -2.13. The fourth-order valence-electron chi connectivity index (χ4n) is 3.25. The molecular formula is C20H22N2O6S. The molecule has 0 aromatic heterocycles. The molecule has 1 aliphatic carbocycles. The van der Waals surface area contributed by atoms with Gasteiger partial charge in [0.1, 0.15) is 5.56 Å². The lowest BCUT2D eigenvalue weighted by atomic mass is 10.1. The largest absolute Gasteiger partial charge is 0.505 e. The third kappa shape index (κ3) is 4.75. The third-order valence-corrected chi connectivity index (χ3v) is 6.29. The second-order valence-electron chi connectivity index (χ2n) is 6.78. The second-order valence-corrected chi connectivity index (χ2v) is 8.49. The summed E-state index contributed by atoms with van der Waals surface area (Å²) < 4.78 is 32.4. The first-order valence-electron chi connectivity index (χ1n) is 9.16. The molecule has 0 heterocycles. The molecule has 1 saturated carbocycles. The van der Waals surface area contributed by atoms with Gasteiger partial charge in [-0.15, -0.1) is 0 Å². The first-order chi connectivity index (χ1) is 13.8. The smallest absolute Gasteiger partial charge is 0.341 e. The van der Waals surface area contributed by atoms with Crippen LogP contribution in [0.3, 0.4) is 0 Å². The van der Waals surface area contributed by atoms with E-state index in [0.29, 0.717) is 0 Å². The molecule has 154 valence electrons. The van der Waals surface area contributed by atoms with E-state index in [2.05, 4.69) is 14.8 Å². The molecule has 0 atom stereocenters. The van der Waals surface area contributed by atoms with Gasteiger partial charge in [0.15, 0.2) is 5.75 Å². The minimum atomic E-state index is -3.74. The molecule has 0 spiro atoms. The van der Waals surface area contributed by atoms with Crippen LogP contribution >= 0.6 is 0 Å². The fourth-order valence-corrected chi connectivity index (χ4v) is 4.60. The number of rotatable bonds is 6. The minimum absolute atomic E-state index is 0.00948. The number of para-hydroxylation sites is 1. The Labute approximate surface area is 168 Å². The van der Waals surface area contributed by atoms with Crippen LogP contribution in [0.15, 0.2) is 47.4 Å². The normalized spacial score (nSPS) is 14.5. The number of anilines is 1. The van der Waals surface area contributed by atoms with Crippen molar-refractivity contribution in [2.75, 3.05) is 12.4 Å². The van der Waals surface area contributed by atoms with E-state index in [1.165, 1.54) is 49.6 Å². The maximum Gasteiger partial charge on any atom is 0.341 e. The summed E-state index contributed by atoms with van der Waals surface area (Å²) in [4.78, 5) is 24.2. The van der Waals surface area contributed by atoms with Crippen LogP contribution in [-0.4, -0.2) is 38.6 Å². The SMILES string of the molecule is COC(=O)c1cccc(NC(=O)c2cccc(S(=O)(=O)NC3CCCC3)c2)c1O. The predicted octanol–water partition coefficient (Wildman–Crippen LogP) is 2.65. The van der Waals surface area contributed by atoms with Crippen LogP contribution in [0.5, 0.6) is 5.75 Å². The summed E-state index contributed by atoms with van der Waals surface area (Å²) in [5, 5.41) is 12.7. The van der Waals surface area contributed by atoms with E-state index in [4.69, 9.17) is 0 Å². The van der Waals surface area contributed by atoms with Crippen LogP contribution in [0.25, 0.3) is 0 Å². The van der Waals surface area contributed by atoms with Gasteiger partial charge >= 0.3 is 5.97 Å². The Hall–Kier alpha value is -2.91. The van der Waals surface area contributed by atoms with Gasteiger partial charge in [-0.1, -0.05) is 25.0 Å². The van der Waals surface area contributed by atoms with E-state index in [9.17, 15) is 23.1 Å². The van der Waals surface area contributed by atoms with E-state index in [1.807, 2.05) is 0 Å². The molecule has 9 heteroatoms. The van der Waals surface area contributed by atoms with Crippen LogP contribution in [0, 0.1) is 0 Å². The highest BCUT2D eigenvalue weighted by atomic mass is 32.2. The molecule has 0 unspecified atom stereocenters. The predicted molar refractivity (Wildman–Crippen MR) is 106 cm³/mol. The summed E-state index contributed by atoms with van der Waals surface area (Å²) in [5.74, 6) is -1.80. The van der Waals surface area contributed by atoms with E-state index in [-0.39, 0.29) is 27.8 Å². The van der Waals surface area contributed by atoms with Crippen molar-refractivity contribution in [1.82, 2.24) is 4.72 Å². The van der Waals surface area contributed by atoms with E-state index >= 15 is 0 Å². The van der Waals surface area contributed by atoms with E-state index in [1.54, 1.807) is 0 Å². The summed E-state index contributed by atoms with van der Waals surface area (Å²) in [6, 6.07) is 9.80. The van der Waals surface area contributed by atoms with Gasteiger partial charge in [0.25, 0.3) is 5.91 Å². The Bertz CT molecular complexity index is 1030. The Morgan fingerprint density at radius 1 is 1.10 bits per heavy atom. The lowest BCUT2D eigenvalue weighted by molar-refractivity contribution is 0.0597. The van der Waals surface area contributed by atoms with E-state index in [0.717, 1.165) is 25.7 Å². The molecule has 2 aromatic carbocycles. The Balaban J connectivity index is 1.80. The average Bonchev–Trinajstić information content (AvgIpc) is 3.21. The fraction of sp³-hybridized carbons (Fsp3) is 0.300. The quantitative estimate of drug-likeness (QED) is 0.490. The van der Waals surface area contributed by atoms with Crippen molar-refractivity contribution in [3.05, 3.63) is 53.6 Å². The summed E-state index contributed by atoms with van der Waals surface area (Å²) in [5.41, 5.74) is 0.0137. The van der Waals surface area contributed by atoms with Crippen molar-refractivity contribution in [1.29, 1.82) is 0 Å². The molecule has 2 aromatic rings. The summed E-state index contributed by atoms with van der Waals surface area (Å²) in [7, 11) is -2.56. The highest BCUT2D eigenvalue weighted by Crippen LogP contribution is 2.28. The van der Waals surface area contributed by atoms with Crippen molar-refractivity contribution >= 4 is 27.6 Å². The number of amides is 1. The van der Waals surface area contributed by atoms with Gasteiger partial charge in [0.2, 0.25) is 10.0 Å². The molecule has 0 saturated heterocycles. The Morgan fingerprint density at radius 2 is 1.79 bits per heavy atom. The zero-order valence-electron chi connectivity index (χ0n) is 15.8. The number of hydrogen-bond donors (Lipinski definition) is 3. The number of benzene rings is 2. The molecular weight excluding hydrogens is 396 g/mol. The van der Waals surface area contributed by atoms with Gasteiger partial charge in [0.05, 0.1) is 17.7 Å². The maximum absolute atomic E-state index is 12.6. The van der Waals surface area contributed by atoms with Crippen molar-refractivity contribution < 1.29 is 27.9 Å². The second kappa shape index (κ2) is 8.62. The number of sulfonamides is 1. The van der Waals surface area contributed by atoms with Crippen LogP contribution in [-0.2, 0) is 14.8 Å². The molecule has 0 aliphatic heterocycles.